The van der Waals surface area contributed by atoms with Gasteiger partial charge in [-0.1, -0.05) is 48.6 Å². The Kier molecular flexibility index (Phi) is 8.77. The Morgan fingerprint density at radius 2 is 0.909 bits per heavy atom. The lowest BCUT2D eigenvalue weighted by molar-refractivity contribution is 0.152. The van der Waals surface area contributed by atoms with Crippen molar-refractivity contribution in [3.8, 4) is 11.5 Å². The fourth-order valence-corrected chi connectivity index (χ4v) is 10.4. The molecule has 7 heteroatoms. The maximum atomic E-state index is 12.5. The van der Waals surface area contributed by atoms with Crippen LogP contribution in [-0.4, -0.2) is 14.3 Å². The second-order valence-corrected chi connectivity index (χ2v) is 19.0. The fraction of sp³-hybridized carbons (Fsp3) is 0.216. The summed E-state index contributed by atoms with van der Waals surface area (Å²) in [4.78, 5) is 17.9. The number of benzene rings is 4. The van der Waals surface area contributed by atoms with Gasteiger partial charge in [-0.2, -0.15) is 0 Å². The summed E-state index contributed by atoms with van der Waals surface area (Å²) in [6, 6.07) is 28.3. The lowest BCUT2D eigenvalue weighted by atomic mass is 10.0. The van der Waals surface area contributed by atoms with Gasteiger partial charge in [-0.15, -0.1) is 47.0 Å². The Morgan fingerprint density at radius 1 is 0.545 bits per heavy atom. The van der Waals surface area contributed by atoms with Gasteiger partial charge in [-0.25, -0.2) is 4.79 Å². The number of rotatable bonds is 6. The molecule has 4 aromatic carbocycles. The molecule has 3 nitrogen and oxygen atoms in total. The van der Waals surface area contributed by atoms with E-state index in [1.807, 2.05) is 71.3 Å². The number of hydrogen-bond acceptors (Lipinski definition) is 7. The van der Waals surface area contributed by atoms with Crippen LogP contribution in [0.1, 0.15) is 63.8 Å². The number of ether oxygens (including phenoxy) is 2. The molecule has 0 bridgehead atoms. The molecule has 6 rings (SSSR count). The Labute approximate surface area is 277 Å². The first kappa shape index (κ1) is 31.0. The number of fused-ring (bicyclic) bond motifs is 2. The van der Waals surface area contributed by atoms with E-state index in [1.54, 1.807) is 24.3 Å². The van der Waals surface area contributed by atoms with Gasteiger partial charge >= 0.3 is 6.16 Å². The van der Waals surface area contributed by atoms with E-state index >= 15 is 0 Å². The van der Waals surface area contributed by atoms with Crippen molar-refractivity contribution in [2.24, 2.45) is 0 Å². The highest BCUT2D eigenvalue weighted by atomic mass is 32.2. The number of hydrogen-bond donors (Lipinski definition) is 0. The zero-order chi connectivity index (χ0) is 31.1. The highest BCUT2D eigenvalue weighted by Crippen LogP contribution is 2.56. The van der Waals surface area contributed by atoms with Gasteiger partial charge in [0.25, 0.3) is 0 Å². The molecular formula is C37H34O3S4. The van der Waals surface area contributed by atoms with Gasteiger partial charge in [0.05, 0.1) is 8.16 Å². The van der Waals surface area contributed by atoms with E-state index in [1.165, 1.54) is 41.9 Å². The van der Waals surface area contributed by atoms with E-state index < -0.39 is 6.16 Å². The highest BCUT2D eigenvalue weighted by molar-refractivity contribution is 8.21. The highest BCUT2D eigenvalue weighted by Gasteiger charge is 2.31. The van der Waals surface area contributed by atoms with E-state index in [2.05, 4.69) is 90.1 Å². The Balaban J connectivity index is 1.04. The third kappa shape index (κ3) is 7.45. The third-order valence-corrected chi connectivity index (χ3v) is 12.6. The van der Waals surface area contributed by atoms with Gasteiger partial charge in [0.1, 0.15) is 11.5 Å². The second kappa shape index (κ2) is 12.4. The average Bonchev–Trinajstić information content (AvgIpc) is 3.46. The molecule has 0 saturated carbocycles. The molecule has 2 heterocycles. The minimum atomic E-state index is -0.767. The van der Waals surface area contributed by atoms with Gasteiger partial charge in [-0.05, 0) is 123 Å². The molecule has 0 amide bonds. The number of carbonyl (C=O) groups excluding carboxylic acids is 1. The predicted molar refractivity (Wildman–Crippen MR) is 191 cm³/mol. The van der Waals surface area contributed by atoms with Gasteiger partial charge in [0.15, 0.2) is 0 Å². The smallest absolute Gasteiger partial charge is 0.395 e. The average molecular weight is 655 g/mol. The summed E-state index contributed by atoms with van der Waals surface area (Å²) in [5.41, 5.74) is 6.84. The topological polar surface area (TPSA) is 35.5 Å². The van der Waals surface area contributed by atoms with E-state index in [9.17, 15) is 4.79 Å². The van der Waals surface area contributed by atoms with E-state index in [4.69, 9.17) is 9.47 Å². The molecule has 0 atom stereocenters. The molecule has 0 N–H and O–H groups in total. The summed E-state index contributed by atoms with van der Waals surface area (Å²) in [5, 5.41) is 0. The molecule has 0 aromatic heterocycles. The predicted octanol–water partition coefficient (Wildman–Crippen LogP) is 12.3. The first-order valence-electron chi connectivity index (χ1n) is 14.4. The van der Waals surface area contributed by atoms with Crippen molar-refractivity contribution in [1.29, 1.82) is 0 Å². The quantitative estimate of drug-likeness (QED) is 0.116. The largest absolute Gasteiger partial charge is 0.519 e. The first-order chi connectivity index (χ1) is 20.9. The molecular weight excluding hydrogens is 621 g/mol. The summed E-state index contributed by atoms with van der Waals surface area (Å²) >= 11 is 7.67. The first-order valence-corrected chi connectivity index (χ1v) is 17.7. The van der Waals surface area contributed by atoms with Crippen molar-refractivity contribution in [1.82, 2.24) is 0 Å². The normalized spacial score (nSPS) is 16.8. The van der Waals surface area contributed by atoms with Crippen LogP contribution in [0.3, 0.4) is 0 Å². The SMILES string of the molecule is CC(=Cc1ccc(OC(=O)Oc2ccc(C=C(C)c3ccc4c(c3)SC(C)(C)S4)cc2)cc1)c1ccc2c(c1)SC(C)(C)S2. The Hall–Kier alpha value is -2.97. The molecule has 224 valence electrons. The summed E-state index contributed by atoms with van der Waals surface area (Å²) in [6.07, 6.45) is 3.52. The van der Waals surface area contributed by atoms with Crippen LogP contribution in [-0.2, 0) is 0 Å². The lowest BCUT2D eigenvalue weighted by Gasteiger charge is -2.12. The molecule has 44 heavy (non-hydrogen) atoms. The van der Waals surface area contributed by atoms with Gasteiger partial charge in [-0.3, -0.25) is 0 Å². The molecule has 0 radical (unpaired) electrons. The molecule has 4 aromatic rings. The fourth-order valence-electron chi connectivity index (χ4n) is 5.08. The van der Waals surface area contributed by atoms with Crippen molar-refractivity contribution in [3.05, 3.63) is 107 Å². The molecule has 0 aliphatic carbocycles. The van der Waals surface area contributed by atoms with Gasteiger partial charge < -0.3 is 9.47 Å². The van der Waals surface area contributed by atoms with Crippen molar-refractivity contribution in [3.63, 3.8) is 0 Å². The van der Waals surface area contributed by atoms with Gasteiger partial charge in [0, 0.05) is 19.6 Å². The van der Waals surface area contributed by atoms with E-state index in [0.29, 0.717) is 11.5 Å². The van der Waals surface area contributed by atoms with Crippen molar-refractivity contribution < 1.29 is 14.3 Å². The van der Waals surface area contributed by atoms with Crippen molar-refractivity contribution >= 4 is 76.5 Å². The zero-order valence-electron chi connectivity index (χ0n) is 25.6. The summed E-state index contributed by atoms with van der Waals surface area (Å²) < 4.78 is 11.2. The summed E-state index contributed by atoms with van der Waals surface area (Å²) in [6.45, 7) is 13.3. The summed E-state index contributed by atoms with van der Waals surface area (Å²) in [5.74, 6) is 0.866. The number of thioether (sulfide) groups is 4. The Morgan fingerprint density at radius 3 is 1.30 bits per heavy atom. The molecule has 0 saturated heterocycles. The van der Waals surface area contributed by atoms with E-state index in [0.717, 1.165) is 11.1 Å². The number of carbonyl (C=O) groups is 1. The van der Waals surface area contributed by atoms with Crippen LogP contribution < -0.4 is 9.47 Å². The summed E-state index contributed by atoms with van der Waals surface area (Å²) in [7, 11) is 0. The van der Waals surface area contributed by atoms with Crippen LogP contribution in [0.15, 0.2) is 105 Å². The molecule has 0 unspecified atom stereocenters. The van der Waals surface area contributed by atoms with Crippen molar-refractivity contribution in [2.75, 3.05) is 0 Å². The minimum absolute atomic E-state index is 0.176. The van der Waals surface area contributed by atoms with Crippen LogP contribution in [0, 0.1) is 0 Å². The second-order valence-electron chi connectivity index (χ2n) is 11.8. The van der Waals surface area contributed by atoms with Crippen LogP contribution in [0.2, 0.25) is 0 Å². The maximum absolute atomic E-state index is 12.5. The van der Waals surface area contributed by atoms with Crippen molar-refractivity contribution in [2.45, 2.75) is 69.3 Å². The van der Waals surface area contributed by atoms with Gasteiger partial charge in [0.2, 0.25) is 0 Å². The monoisotopic (exact) mass is 654 g/mol. The minimum Gasteiger partial charge on any atom is -0.395 e. The molecule has 0 spiro atoms. The molecule has 2 aliphatic heterocycles. The van der Waals surface area contributed by atoms with Crippen LogP contribution in [0.4, 0.5) is 4.79 Å². The standard InChI is InChI=1S/C37H34O3S4/c1-23(27-11-17-31-33(21-27)43-36(3,4)41-31)19-25-7-13-29(14-8-25)39-35(38)40-30-15-9-26(10-16-30)20-24(2)28-12-18-32-34(22-28)44-37(5,6)42-32/h7-22H,1-6H3. The van der Waals surface area contributed by atoms with Crippen LogP contribution in [0.5, 0.6) is 11.5 Å². The molecule has 2 aliphatic rings. The maximum Gasteiger partial charge on any atom is 0.519 e. The van der Waals surface area contributed by atoms with Crippen LogP contribution >= 0.6 is 47.0 Å². The Bertz CT molecular complexity index is 1650. The third-order valence-electron chi connectivity index (χ3n) is 7.15. The zero-order valence-corrected chi connectivity index (χ0v) is 28.9. The molecule has 0 fully saturated rings. The van der Waals surface area contributed by atoms with E-state index in [-0.39, 0.29) is 8.16 Å². The number of allylic oxidation sites excluding steroid dienone is 2. The lowest BCUT2D eigenvalue weighted by Crippen LogP contribution is -2.13. The van der Waals surface area contributed by atoms with Crippen LogP contribution in [0.25, 0.3) is 23.3 Å².